The largest absolute Gasteiger partial charge is 0.472 e. The molecule has 2 aliphatic rings. The minimum absolute atomic E-state index is 0.0337. The van der Waals surface area contributed by atoms with E-state index < -0.39 is 0 Å². The predicted molar refractivity (Wildman–Crippen MR) is 108 cm³/mol. The number of piperidine rings is 1. The lowest BCUT2D eigenvalue weighted by molar-refractivity contribution is -0.0852. The van der Waals surface area contributed by atoms with Crippen LogP contribution in [-0.2, 0) is 4.74 Å². The Labute approximate surface area is 169 Å². The highest BCUT2D eigenvalue weighted by molar-refractivity contribution is 7.98. The highest BCUT2D eigenvalue weighted by Gasteiger charge is 2.46. The number of pyridine rings is 2. The Balaban J connectivity index is 1.61. The number of carbonyl (C=O) groups excluding carboxylic acids is 1. The molecular formula is C21H25N3O3S. The smallest absolute Gasteiger partial charge is 0.256 e. The first-order valence-electron chi connectivity index (χ1n) is 9.61. The summed E-state index contributed by atoms with van der Waals surface area (Å²) in [6.07, 6.45) is 8.17. The normalized spacial score (nSPS) is 26.7. The van der Waals surface area contributed by atoms with Crippen molar-refractivity contribution in [2.45, 2.75) is 42.5 Å². The number of likely N-dealkylation sites (tertiary alicyclic amines) is 1. The molecule has 2 aromatic rings. The van der Waals surface area contributed by atoms with E-state index in [4.69, 9.17) is 9.47 Å². The van der Waals surface area contributed by atoms with Crippen LogP contribution in [0.15, 0.2) is 47.8 Å². The second-order valence-electron chi connectivity index (χ2n) is 7.25. The van der Waals surface area contributed by atoms with Gasteiger partial charge in [-0.3, -0.25) is 4.79 Å². The fourth-order valence-electron chi connectivity index (χ4n) is 4.42. The molecule has 0 spiro atoms. The lowest BCUT2D eigenvalue weighted by Crippen LogP contribution is -2.59. The molecule has 1 saturated carbocycles. The fourth-order valence-corrected chi connectivity index (χ4v) is 4.96. The highest BCUT2D eigenvalue weighted by Crippen LogP contribution is 2.39. The molecule has 148 valence electrons. The number of nitrogens with zero attached hydrogens (tertiary/aromatic N) is 3. The summed E-state index contributed by atoms with van der Waals surface area (Å²) in [7, 11) is 1.76. The zero-order valence-corrected chi connectivity index (χ0v) is 17.0. The number of methoxy groups -OCH3 is 1. The maximum Gasteiger partial charge on any atom is 0.256 e. The molecule has 0 N–H and O–H groups in total. The Hall–Kier alpha value is -2.12. The van der Waals surface area contributed by atoms with Crippen LogP contribution < -0.4 is 4.74 Å². The monoisotopic (exact) mass is 399 g/mol. The van der Waals surface area contributed by atoms with E-state index in [-0.39, 0.29) is 30.1 Å². The average Bonchev–Trinajstić information content (AvgIpc) is 2.76. The first kappa shape index (κ1) is 19.2. The molecule has 7 heteroatoms. The number of rotatable bonds is 5. The molecule has 6 nitrogen and oxygen atoms in total. The maximum absolute atomic E-state index is 13.4. The summed E-state index contributed by atoms with van der Waals surface area (Å²) in [6, 6.07) is 9.53. The van der Waals surface area contributed by atoms with Crippen LogP contribution in [0, 0.1) is 5.92 Å². The SMILES string of the molecule is CO[C@@H]1CC[C@H]2C[C@@H]1[C@@H](Oc1ccccn1)CN2C(=O)c1cccnc1SC. The number of fused-ring (bicyclic) bond motifs is 2. The van der Waals surface area contributed by atoms with Gasteiger partial charge in [0.2, 0.25) is 5.88 Å². The van der Waals surface area contributed by atoms with E-state index in [2.05, 4.69) is 9.97 Å². The first-order valence-corrected chi connectivity index (χ1v) is 10.8. The molecule has 1 amide bonds. The van der Waals surface area contributed by atoms with Gasteiger partial charge in [-0.1, -0.05) is 6.07 Å². The van der Waals surface area contributed by atoms with E-state index in [0.717, 1.165) is 24.3 Å². The van der Waals surface area contributed by atoms with Gasteiger partial charge in [0.15, 0.2) is 0 Å². The fraction of sp³-hybridized carbons (Fsp3) is 0.476. The minimum atomic E-state index is -0.144. The van der Waals surface area contributed by atoms with Gasteiger partial charge in [-0.05, 0) is 43.7 Å². The summed E-state index contributed by atoms with van der Waals surface area (Å²) in [6.45, 7) is 0.535. The van der Waals surface area contributed by atoms with E-state index in [1.165, 1.54) is 11.8 Å². The van der Waals surface area contributed by atoms with Gasteiger partial charge in [-0.15, -0.1) is 11.8 Å². The van der Waals surface area contributed by atoms with Crippen molar-refractivity contribution in [1.82, 2.24) is 14.9 Å². The van der Waals surface area contributed by atoms with Crippen LogP contribution in [-0.4, -0.2) is 58.9 Å². The second kappa shape index (κ2) is 8.49. The minimum Gasteiger partial charge on any atom is -0.472 e. The second-order valence-corrected chi connectivity index (χ2v) is 8.04. The Morgan fingerprint density at radius 2 is 2.00 bits per heavy atom. The topological polar surface area (TPSA) is 64.6 Å². The lowest BCUT2D eigenvalue weighted by atomic mass is 9.75. The molecule has 2 fully saturated rings. The molecule has 0 radical (unpaired) electrons. The number of hydrogen-bond acceptors (Lipinski definition) is 6. The van der Waals surface area contributed by atoms with Crippen molar-refractivity contribution in [1.29, 1.82) is 0 Å². The molecule has 4 atom stereocenters. The third-order valence-electron chi connectivity index (χ3n) is 5.77. The van der Waals surface area contributed by atoms with E-state index in [9.17, 15) is 4.79 Å². The summed E-state index contributed by atoms with van der Waals surface area (Å²) in [5.74, 6) is 0.875. The molecular weight excluding hydrogens is 374 g/mol. The summed E-state index contributed by atoms with van der Waals surface area (Å²) >= 11 is 1.50. The Morgan fingerprint density at radius 1 is 1.14 bits per heavy atom. The van der Waals surface area contributed by atoms with E-state index in [1.54, 1.807) is 19.5 Å². The first-order chi connectivity index (χ1) is 13.7. The number of ether oxygens (including phenoxy) is 2. The van der Waals surface area contributed by atoms with E-state index in [1.807, 2.05) is 41.5 Å². The number of aromatic nitrogens is 2. The molecule has 3 heterocycles. The standard InChI is InChI=1S/C21H25N3O3S/c1-26-17-9-8-14-12-16(17)18(27-19-7-3-4-10-22-19)13-24(14)21(25)15-6-5-11-23-20(15)28-2/h3-7,10-11,14,16-18H,8-9,12-13H2,1-2H3/t14-,16-,17+,18-/m0/s1. The maximum atomic E-state index is 13.4. The Kier molecular flexibility index (Phi) is 5.82. The van der Waals surface area contributed by atoms with Gasteiger partial charge in [0.05, 0.1) is 18.2 Å². The van der Waals surface area contributed by atoms with E-state index >= 15 is 0 Å². The quantitative estimate of drug-likeness (QED) is 0.719. The summed E-state index contributed by atoms with van der Waals surface area (Å²) in [5.41, 5.74) is 0.666. The van der Waals surface area contributed by atoms with Crippen LogP contribution in [0.2, 0.25) is 0 Å². The summed E-state index contributed by atoms with van der Waals surface area (Å²) in [4.78, 5) is 24.0. The molecule has 1 saturated heterocycles. The van der Waals surface area contributed by atoms with Gasteiger partial charge in [0.1, 0.15) is 11.1 Å². The lowest BCUT2D eigenvalue weighted by Gasteiger charge is -2.49. The third kappa shape index (κ3) is 3.73. The van der Waals surface area contributed by atoms with Crippen molar-refractivity contribution in [3.05, 3.63) is 48.3 Å². The van der Waals surface area contributed by atoms with Crippen molar-refractivity contribution in [3.63, 3.8) is 0 Å². The summed E-state index contributed by atoms with van der Waals surface area (Å²) in [5, 5.41) is 0.766. The molecule has 0 aromatic carbocycles. The van der Waals surface area contributed by atoms with E-state index in [0.29, 0.717) is 18.0 Å². The number of carbonyl (C=O) groups is 1. The molecule has 28 heavy (non-hydrogen) atoms. The van der Waals surface area contributed by atoms with Gasteiger partial charge in [0, 0.05) is 37.5 Å². The van der Waals surface area contributed by atoms with Crippen molar-refractivity contribution < 1.29 is 14.3 Å². The molecule has 1 aliphatic carbocycles. The van der Waals surface area contributed by atoms with Crippen LogP contribution in [0.3, 0.4) is 0 Å². The Bertz CT molecular complexity index is 820. The van der Waals surface area contributed by atoms with Crippen LogP contribution in [0.25, 0.3) is 0 Å². The molecule has 0 unspecified atom stereocenters. The van der Waals surface area contributed by atoms with Crippen LogP contribution in [0.5, 0.6) is 5.88 Å². The number of amides is 1. The number of hydrogen-bond donors (Lipinski definition) is 0. The zero-order chi connectivity index (χ0) is 19.5. The van der Waals surface area contributed by atoms with Crippen LogP contribution in [0.1, 0.15) is 29.6 Å². The van der Waals surface area contributed by atoms with Gasteiger partial charge in [-0.2, -0.15) is 0 Å². The third-order valence-corrected chi connectivity index (χ3v) is 6.48. The Morgan fingerprint density at radius 3 is 2.75 bits per heavy atom. The van der Waals surface area contributed by atoms with Crippen molar-refractivity contribution in [2.75, 3.05) is 19.9 Å². The van der Waals surface area contributed by atoms with Gasteiger partial charge in [0.25, 0.3) is 5.91 Å². The highest BCUT2D eigenvalue weighted by atomic mass is 32.2. The molecule has 4 rings (SSSR count). The summed E-state index contributed by atoms with van der Waals surface area (Å²) < 4.78 is 12.0. The average molecular weight is 400 g/mol. The van der Waals surface area contributed by atoms with Gasteiger partial charge >= 0.3 is 0 Å². The predicted octanol–water partition coefficient (Wildman–Crippen LogP) is 3.29. The number of thioether (sulfide) groups is 1. The molecule has 2 bridgehead atoms. The molecule has 1 aliphatic heterocycles. The van der Waals surface area contributed by atoms with Crippen LogP contribution >= 0.6 is 11.8 Å². The van der Waals surface area contributed by atoms with Crippen molar-refractivity contribution in [3.8, 4) is 5.88 Å². The van der Waals surface area contributed by atoms with Crippen molar-refractivity contribution in [2.24, 2.45) is 5.92 Å². The van der Waals surface area contributed by atoms with Crippen LogP contribution in [0.4, 0.5) is 0 Å². The van der Waals surface area contributed by atoms with Gasteiger partial charge < -0.3 is 14.4 Å². The zero-order valence-electron chi connectivity index (χ0n) is 16.2. The van der Waals surface area contributed by atoms with Crippen molar-refractivity contribution >= 4 is 17.7 Å². The molecule has 2 aromatic heterocycles. The van der Waals surface area contributed by atoms with Gasteiger partial charge in [-0.25, -0.2) is 9.97 Å².